The largest absolute Gasteiger partial charge is 0.477 e. The Morgan fingerprint density at radius 2 is 1.25 bits per heavy atom. The van der Waals surface area contributed by atoms with E-state index in [1.807, 2.05) is 0 Å². The summed E-state index contributed by atoms with van der Waals surface area (Å²) in [6, 6.07) is 14.3. The van der Waals surface area contributed by atoms with Crippen molar-refractivity contribution in [3.05, 3.63) is 163 Å². The highest BCUT2D eigenvalue weighted by atomic mass is 35.5. The monoisotopic (exact) mass is 999 g/mol. The van der Waals surface area contributed by atoms with Crippen molar-refractivity contribution in [2.45, 2.75) is 45.6 Å². The van der Waals surface area contributed by atoms with Crippen molar-refractivity contribution in [3.63, 3.8) is 0 Å². The molecule has 0 saturated carbocycles. The summed E-state index contributed by atoms with van der Waals surface area (Å²) in [7, 11) is 0. The van der Waals surface area contributed by atoms with Gasteiger partial charge in [-0.05, 0) is 65.4 Å². The van der Waals surface area contributed by atoms with Gasteiger partial charge in [0, 0.05) is 30.8 Å². The van der Waals surface area contributed by atoms with Crippen LogP contribution in [0.5, 0.6) is 0 Å². The first-order chi connectivity index (χ1) is 32.3. The summed E-state index contributed by atoms with van der Waals surface area (Å²) in [6.07, 6.45) is -2.17. The van der Waals surface area contributed by atoms with E-state index in [2.05, 4.69) is 50.8 Å². The number of alkyl halides is 3. The number of halogens is 9. The number of hydrogen-bond acceptors (Lipinski definition) is 11. The van der Waals surface area contributed by atoms with Crippen LogP contribution in [0.4, 0.5) is 30.7 Å². The van der Waals surface area contributed by atoms with Crippen LogP contribution >= 0.6 is 23.2 Å². The number of fused-ring (bicyclic) bond motifs is 3. The molecular weight excluding hydrogens is 970 g/mol. The Labute approximate surface area is 392 Å². The van der Waals surface area contributed by atoms with Gasteiger partial charge in [-0.25, -0.2) is 41.4 Å². The zero-order chi connectivity index (χ0) is 48.6. The minimum absolute atomic E-state index is 0. The van der Waals surface area contributed by atoms with Crippen LogP contribution in [0.25, 0.3) is 22.7 Å². The van der Waals surface area contributed by atoms with Crippen LogP contribution in [0, 0.1) is 23.3 Å². The van der Waals surface area contributed by atoms with Crippen LogP contribution in [0.3, 0.4) is 0 Å². The number of aromatic nitrogens is 8. The van der Waals surface area contributed by atoms with Crippen LogP contribution in [0.1, 0.15) is 90.0 Å². The predicted octanol–water partition coefficient (Wildman–Crippen LogP) is 8.00. The zero-order valence-corrected chi connectivity index (χ0v) is 35.4. The van der Waals surface area contributed by atoms with Gasteiger partial charge in [-0.2, -0.15) is 28.4 Å². The normalized spacial score (nSPS) is 13.0. The Morgan fingerprint density at radius 1 is 0.710 bits per heavy atom. The number of carbonyl (C=O) groups is 4. The van der Waals surface area contributed by atoms with E-state index in [4.69, 9.17) is 28.3 Å². The smallest absolute Gasteiger partial charge is 0.471 e. The van der Waals surface area contributed by atoms with E-state index in [9.17, 15) is 49.9 Å². The number of nitrogens with zero attached hydrogens (tertiary/aromatic N) is 8. The van der Waals surface area contributed by atoms with Gasteiger partial charge < -0.3 is 25.6 Å². The maximum Gasteiger partial charge on any atom is 0.471 e. The second-order valence-corrected chi connectivity index (χ2v) is 15.4. The number of carboxylic acids is 1. The molecule has 0 aliphatic heterocycles. The number of aryl methyl sites for hydroxylation is 1. The van der Waals surface area contributed by atoms with Crippen molar-refractivity contribution in [1.82, 2.24) is 55.3 Å². The van der Waals surface area contributed by atoms with Gasteiger partial charge in [-0.3, -0.25) is 14.4 Å². The van der Waals surface area contributed by atoms with Gasteiger partial charge in [-0.15, -0.1) is 0 Å². The Balaban J connectivity index is 0.000000231. The lowest BCUT2D eigenvalue weighted by molar-refractivity contribution is -0.159. The molecule has 0 bridgehead atoms. The highest BCUT2D eigenvalue weighted by molar-refractivity contribution is 6.31. The molecule has 5 aromatic heterocycles. The predicted molar refractivity (Wildman–Crippen MR) is 228 cm³/mol. The van der Waals surface area contributed by atoms with Crippen LogP contribution in [0.15, 0.2) is 83.6 Å². The summed E-state index contributed by atoms with van der Waals surface area (Å²) in [5.41, 5.74) is 0.935. The average molecular weight is 1000 g/mol. The van der Waals surface area contributed by atoms with E-state index >= 15 is 0 Å². The molecule has 0 saturated heterocycles. The van der Waals surface area contributed by atoms with Crippen molar-refractivity contribution < 1.29 is 59.5 Å². The zero-order valence-electron chi connectivity index (χ0n) is 33.9. The van der Waals surface area contributed by atoms with Gasteiger partial charge in [0.15, 0.2) is 28.6 Å². The summed E-state index contributed by atoms with van der Waals surface area (Å²) >= 11 is 11.4. The van der Waals surface area contributed by atoms with E-state index in [1.165, 1.54) is 30.3 Å². The lowest BCUT2D eigenvalue weighted by atomic mass is 10.0. The van der Waals surface area contributed by atoms with Crippen LogP contribution in [-0.4, -0.2) is 68.1 Å². The molecule has 9 rings (SSSR count). The third-order valence-corrected chi connectivity index (χ3v) is 10.7. The SMILES string of the molecule is C.O=C(NCc1ccc(F)c(Cl)c1)c1cc(C(=O)N[C@H]2CCc3cc(-c4noc(C(F)(F)F)n4)ccc32)n2ncc(F)c2n1.O=C(NCc1ccc(F)c(Cl)c1)c1cc(C(=O)O)n2ncc(F)c2n1. The maximum absolute atomic E-state index is 14.5. The number of hydrogen-bond donors (Lipinski definition) is 4. The first-order valence-electron chi connectivity index (χ1n) is 19.5. The van der Waals surface area contributed by atoms with Crippen LogP contribution in [-0.2, 0) is 25.7 Å². The van der Waals surface area contributed by atoms with Crippen LogP contribution < -0.4 is 16.0 Å². The minimum atomic E-state index is -4.77. The molecule has 0 radical (unpaired) electrons. The Morgan fingerprint density at radius 3 is 1.75 bits per heavy atom. The third-order valence-electron chi connectivity index (χ3n) is 10.1. The molecule has 356 valence electrons. The summed E-state index contributed by atoms with van der Waals surface area (Å²) in [5.74, 6) is -8.14. The molecule has 1 aliphatic rings. The standard InChI is InChI=1S/C27H17ClF5N7O3.C15H9ClF2N4O3.CH4/c28-16-7-12(1-5-17(16)29)10-34-24(41)20-9-21(40-23(36-20)18(30)11-35-40)25(42)37-19-6-3-13-8-14(2-4-15(13)19)22-38-26(43-39-22)27(31,32)33;16-8-3-7(1-2-9(8)17)5-19-14(23)11-4-12(15(24)25)22-13(21-11)10(18)6-20-22;/h1-2,4-5,7-9,11,19H,3,6,10H2,(H,34,41)(H,37,42);1-4,6H,5H2,(H,19,23)(H,24,25);1H4/t19-;;/m0../s1. The molecule has 0 fully saturated rings. The number of nitrogens with one attached hydrogen (secondary N) is 3. The Bertz CT molecular complexity index is 3330. The number of benzene rings is 3. The molecule has 0 unspecified atom stereocenters. The molecule has 4 N–H and O–H groups in total. The van der Waals surface area contributed by atoms with Gasteiger partial charge in [0.1, 0.15) is 28.7 Å². The van der Waals surface area contributed by atoms with Gasteiger partial charge >= 0.3 is 18.0 Å². The molecule has 1 aliphatic carbocycles. The van der Waals surface area contributed by atoms with Gasteiger partial charge in [0.2, 0.25) is 5.82 Å². The Hall–Kier alpha value is -7.99. The minimum Gasteiger partial charge on any atom is -0.477 e. The average Bonchev–Trinajstić information content (AvgIpc) is 4.13. The number of aromatic carboxylic acids is 1. The second-order valence-electron chi connectivity index (χ2n) is 14.6. The van der Waals surface area contributed by atoms with Crippen molar-refractivity contribution >= 4 is 58.2 Å². The molecular formula is C43H30Cl2F7N11O6. The molecule has 0 spiro atoms. The molecule has 69 heavy (non-hydrogen) atoms. The lowest BCUT2D eigenvalue weighted by Crippen LogP contribution is -2.30. The first kappa shape index (κ1) is 48.9. The third kappa shape index (κ3) is 10.5. The van der Waals surface area contributed by atoms with E-state index < -0.39 is 70.8 Å². The van der Waals surface area contributed by atoms with Crippen LogP contribution in [0.2, 0.25) is 10.0 Å². The number of amides is 3. The van der Waals surface area contributed by atoms with Crippen molar-refractivity contribution in [3.8, 4) is 11.4 Å². The fraction of sp³-hybridized carbons (Fsp3) is 0.163. The highest BCUT2D eigenvalue weighted by Gasteiger charge is 2.39. The van der Waals surface area contributed by atoms with E-state index in [1.54, 1.807) is 12.1 Å². The van der Waals surface area contributed by atoms with Crippen molar-refractivity contribution in [2.24, 2.45) is 0 Å². The summed E-state index contributed by atoms with van der Waals surface area (Å²) in [6.45, 7) is -0.0486. The van der Waals surface area contributed by atoms with Crippen molar-refractivity contribution in [1.29, 1.82) is 0 Å². The number of rotatable bonds is 10. The van der Waals surface area contributed by atoms with Gasteiger partial charge in [-0.1, -0.05) is 60.1 Å². The summed E-state index contributed by atoms with van der Waals surface area (Å²) in [5, 5.41) is 27.7. The lowest BCUT2D eigenvalue weighted by Gasteiger charge is -2.15. The van der Waals surface area contributed by atoms with Crippen molar-refractivity contribution in [2.75, 3.05) is 0 Å². The summed E-state index contributed by atoms with van der Waals surface area (Å²) in [4.78, 5) is 60.9. The molecule has 1 atom stereocenters. The number of carboxylic acid groups (broad SMARTS) is 1. The molecule has 3 aromatic carbocycles. The second kappa shape index (κ2) is 19.7. The van der Waals surface area contributed by atoms with E-state index in [0.29, 0.717) is 35.1 Å². The highest BCUT2D eigenvalue weighted by Crippen LogP contribution is 2.35. The summed E-state index contributed by atoms with van der Waals surface area (Å²) < 4.78 is 99.3. The quantitative estimate of drug-likeness (QED) is 0.0957. The van der Waals surface area contributed by atoms with E-state index in [-0.39, 0.29) is 64.8 Å². The molecule has 3 amide bonds. The molecule has 26 heteroatoms. The topological polar surface area (TPSA) is 224 Å². The number of carbonyl (C=O) groups excluding carboxylic acids is 3. The maximum atomic E-state index is 14.5. The molecule has 8 aromatic rings. The Kier molecular flexibility index (Phi) is 14.0. The van der Waals surface area contributed by atoms with E-state index in [0.717, 1.165) is 51.3 Å². The molecule has 17 nitrogen and oxygen atoms in total. The van der Waals surface area contributed by atoms with Gasteiger partial charge in [0.25, 0.3) is 17.7 Å². The first-order valence-corrected chi connectivity index (χ1v) is 20.2. The fourth-order valence-electron chi connectivity index (χ4n) is 6.86. The van der Waals surface area contributed by atoms with Gasteiger partial charge in [0.05, 0.1) is 28.5 Å². The fourth-order valence-corrected chi connectivity index (χ4v) is 7.26. The molecule has 5 heterocycles.